The van der Waals surface area contributed by atoms with Gasteiger partial charge >= 0.3 is 0 Å². The first kappa shape index (κ1) is 12.4. The number of hydrogen-bond donors (Lipinski definition) is 3. The van der Waals surface area contributed by atoms with Crippen LogP contribution in [0.25, 0.3) is 0 Å². The molecule has 6 heteroatoms. The smallest absolute Gasteiger partial charge is 0.248 e. The number of aryl methyl sites for hydroxylation is 1. The molecule has 94 valence electrons. The molecule has 5 N–H and O–H groups in total. The van der Waals surface area contributed by atoms with Crippen molar-refractivity contribution >= 4 is 28.6 Å². The number of hydrogen-bond acceptors (Lipinski definition) is 5. The average molecular weight is 262 g/mol. The van der Waals surface area contributed by atoms with Crippen LogP contribution >= 0.6 is 11.3 Å². The number of thiazole rings is 1. The minimum absolute atomic E-state index is 0.409. The second-order valence-corrected chi connectivity index (χ2v) is 4.82. The number of benzene rings is 1. The molecule has 0 saturated carbocycles. The summed E-state index contributed by atoms with van der Waals surface area (Å²) in [5, 5.41) is 3.22. The lowest BCUT2D eigenvalue weighted by Gasteiger charge is -2.09. The summed E-state index contributed by atoms with van der Waals surface area (Å²) in [5.74, 6) is -0.480. The number of nitrogens with zero attached hydrogens (tertiary/aromatic N) is 1. The fourth-order valence-corrected chi connectivity index (χ4v) is 2.27. The Balaban J connectivity index is 2.11. The van der Waals surface area contributed by atoms with Crippen molar-refractivity contribution in [1.82, 2.24) is 4.98 Å². The summed E-state index contributed by atoms with van der Waals surface area (Å²) in [6.07, 6.45) is 0. The van der Waals surface area contributed by atoms with Crippen LogP contribution in [0.1, 0.15) is 20.9 Å². The third-order valence-electron chi connectivity index (χ3n) is 2.62. The molecule has 1 amide bonds. The molecule has 2 aromatic rings. The zero-order valence-electron chi connectivity index (χ0n) is 9.93. The van der Waals surface area contributed by atoms with Crippen LogP contribution in [0.2, 0.25) is 0 Å². The van der Waals surface area contributed by atoms with E-state index in [2.05, 4.69) is 10.3 Å². The van der Waals surface area contributed by atoms with Crippen LogP contribution in [0.4, 0.5) is 11.4 Å². The van der Waals surface area contributed by atoms with E-state index in [9.17, 15) is 4.79 Å². The third-order valence-corrected chi connectivity index (χ3v) is 3.56. The molecule has 5 nitrogen and oxygen atoms in total. The molecule has 0 fully saturated rings. The SMILES string of the molecule is Cc1ncsc1CNc1ccc(C(N)=O)cc1N. The van der Waals surface area contributed by atoms with Gasteiger partial charge in [-0.1, -0.05) is 0 Å². The number of primary amides is 1. The fourth-order valence-electron chi connectivity index (χ4n) is 1.55. The van der Waals surface area contributed by atoms with E-state index in [4.69, 9.17) is 11.5 Å². The van der Waals surface area contributed by atoms with E-state index in [0.29, 0.717) is 17.8 Å². The highest BCUT2D eigenvalue weighted by atomic mass is 32.1. The van der Waals surface area contributed by atoms with Gasteiger partial charge in [0.05, 0.1) is 29.1 Å². The lowest BCUT2D eigenvalue weighted by molar-refractivity contribution is 0.100. The summed E-state index contributed by atoms with van der Waals surface area (Å²) in [6.45, 7) is 2.63. The maximum absolute atomic E-state index is 11.0. The van der Waals surface area contributed by atoms with Crippen LogP contribution in [-0.2, 0) is 6.54 Å². The van der Waals surface area contributed by atoms with E-state index in [1.54, 1.807) is 29.5 Å². The van der Waals surface area contributed by atoms with Gasteiger partial charge in [0.1, 0.15) is 0 Å². The van der Waals surface area contributed by atoms with E-state index in [1.807, 2.05) is 12.4 Å². The summed E-state index contributed by atoms with van der Waals surface area (Å²) in [4.78, 5) is 16.3. The molecular weight excluding hydrogens is 248 g/mol. The van der Waals surface area contributed by atoms with Gasteiger partial charge in [0.25, 0.3) is 0 Å². The summed E-state index contributed by atoms with van der Waals surface area (Å²) in [6, 6.07) is 4.98. The molecule has 0 aliphatic rings. The molecule has 1 aromatic heterocycles. The summed E-state index contributed by atoms with van der Waals surface area (Å²) >= 11 is 1.59. The number of nitrogens with two attached hydrogens (primary N) is 2. The van der Waals surface area contributed by atoms with Crippen LogP contribution in [0, 0.1) is 6.92 Å². The molecule has 2 rings (SSSR count). The number of rotatable bonds is 4. The highest BCUT2D eigenvalue weighted by Crippen LogP contribution is 2.22. The zero-order chi connectivity index (χ0) is 13.1. The number of nitrogens with one attached hydrogen (secondary N) is 1. The number of carbonyl (C=O) groups excluding carboxylic acids is 1. The quantitative estimate of drug-likeness (QED) is 0.731. The molecule has 18 heavy (non-hydrogen) atoms. The second kappa shape index (κ2) is 5.05. The van der Waals surface area contributed by atoms with Crippen molar-refractivity contribution in [3.63, 3.8) is 0 Å². The first-order chi connectivity index (χ1) is 8.58. The van der Waals surface area contributed by atoms with Crippen molar-refractivity contribution in [3.8, 4) is 0 Å². The van der Waals surface area contributed by atoms with Crippen molar-refractivity contribution in [2.45, 2.75) is 13.5 Å². The predicted octanol–water partition coefficient (Wildman–Crippen LogP) is 1.74. The van der Waals surface area contributed by atoms with Gasteiger partial charge in [0.2, 0.25) is 5.91 Å². The first-order valence-corrected chi connectivity index (χ1v) is 6.28. The molecule has 0 unspecified atom stereocenters. The van der Waals surface area contributed by atoms with Crippen LogP contribution in [0.15, 0.2) is 23.7 Å². The Hall–Kier alpha value is -2.08. The molecular formula is C12H14N4OS. The molecule has 0 aliphatic heterocycles. The average Bonchev–Trinajstić information content (AvgIpc) is 2.73. The normalized spacial score (nSPS) is 10.3. The summed E-state index contributed by atoms with van der Waals surface area (Å²) in [5.41, 5.74) is 15.6. The minimum atomic E-state index is -0.480. The molecule has 0 atom stereocenters. The highest BCUT2D eigenvalue weighted by molar-refractivity contribution is 7.09. The Morgan fingerprint density at radius 3 is 2.83 bits per heavy atom. The van der Waals surface area contributed by atoms with E-state index in [0.717, 1.165) is 16.3 Å². The topological polar surface area (TPSA) is 94.0 Å². The van der Waals surface area contributed by atoms with Gasteiger partial charge in [-0.05, 0) is 25.1 Å². The molecule has 1 aromatic carbocycles. The number of aromatic nitrogens is 1. The Morgan fingerprint density at radius 2 is 2.28 bits per heavy atom. The second-order valence-electron chi connectivity index (χ2n) is 3.88. The fraction of sp³-hybridized carbons (Fsp3) is 0.167. The summed E-state index contributed by atoms with van der Waals surface area (Å²) < 4.78 is 0. The van der Waals surface area contributed by atoms with E-state index >= 15 is 0 Å². The van der Waals surface area contributed by atoms with Crippen LogP contribution in [0.3, 0.4) is 0 Å². The monoisotopic (exact) mass is 262 g/mol. The number of carbonyl (C=O) groups is 1. The number of anilines is 2. The Morgan fingerprint density at radius 1 is 1.50 bits per heavy atom. The zero-order valence-corrected chi connectivity index (χ0v) is 10.8. The van der Waals surface area contributed by atoms with Gasteiger partial charge in [0.15, 0.2) is 0 Å². The van der Waals surface area contributed by atoms with Crippen molar-refractivity contribution in [3.05, 3.63) is 39.8 Å². The Labute approximate surface area is 109 Å². The van der Waals surface area contributed by atoms with Crippen molar-refractivity contribution in [2.75, 3.05) is 11.1 Å². The largest absolute Gasteiger partial charge is 0.397 e. The molecule has 0 spiro atoms. The van der Waals surface area contributed by atoms with Gasteiger partial charge in [-0.15, -0.1) is 11.3 Å². The highest BCUT2D eigenvalue weighted by Gasteiger charge is 2.06. The van der Waals surface area contributed by atoms with E-state index < -0.39 is 5.91 Å². The summed E-state index contributed by atoms with van der Waals surface area (Å²) in [7, 11) is 0. The number of nitrogen functional groups attached to an aromatic ring is 1. The van der Waals surface area contributed by atoms with Gasteiger partial charge < -0.3 is 16.8 Å². The van der Waals surface area contributed by atoms with E-state index in [1.165, 1.54) is 0 Å². The maximum Gasteiger partial charge on any atom is 0.248 e. The van der Waals surface area contributed by atoms with Crippen LogP contribution in [0.5, 0.6) is 0 Å². The van der Waals surface area contributed by atoms with Crippen LogP contribution in [-0.4, -0.2) is 10.9 Å². The Bertz CT molecular complexity index is 579. The van der Waals surface area contributed by atoms with Gasteiger partial charge in [0, 0.05) is 10.4 Å². The molecule has 0 saturated heterocycles. The van der Waals surface area contributed by atoms with Crippen molar-refractivity contribution < 1.29 is 4.79 Å². The van der Waals surface area contributed by atoms with Gasteiger partial charge in [-0.25, -0.2) is 4.98 Å². The molecule has 0 radical (unpaired) electrons. The predicted molar refractivity (Wildman–Crippen MR) is 73.6 cm³/mol. The Kier molecular flexibility index (Phi) is 3.47. The lowest BCUT2D eigenvalue weighted by Crippen LogP contribution is -2.12. The number of amides is 1. The first-order valence-electron chi connectivity index (χ1n) is 5.40. The van der Waals surface area contributed by atoms with Crippen LogP contribution < -0.4 is 16.8 Å². The minimum Gasteiger partial charge on any atom is -0.397 e. The molecule has 0 bridgehead atoms. The maximum atomic E-state index is 11.0. The van der Waals surface area contributed by atoms with Crippen molar-refractivity contribution in [2.24, 2.45) is 5.73 Å². The van der Waals surface area contributed by atoms with Gasteiger partial charge in [-0.2, -0.15) is 0 Å². The van der Waals surface area contributed by atoms with E-state index in [-0.39, 0.29) is 0 Å². The van der Waals surface area contributed by atoms with Gasteiger partial charge in [-0.3, -0.25) is 4.79 Å². The standard InChI is InChI=1S/C12H14N4OS/c1-7-11(18-6-16-7)5-15-10-3-2-8(12(14)17)4-9(10)13/h2-4,6,15H,5,13H2,1H3,(H2,14,17). The molecule has 1 heterocycles. The van der Waals surface area contributed by atoms with Crippen molar-refractivity contribution in [1.29, 1.82) is 0 Å². The molecule has 0 aliphatic carbocycles. The third kappa shape index (κ3) is 2.60. The lowest BCUT2D eigenvalue weighted by atomic mass is 10.1.